The van der Waals surface area contributed by atoms with Crippen LogP contribution in [0.15, 0.2) is 24.6 Å². The van der Waals surface area contributed by atoms with Gasteiger partial charge in [-0.2, -0.15) is 0 Å². The van der Waals surface area contributed by atoms with E-state index in [1.807, 2.05) is 0 Å². The molecule has 0 aliphatic carbocycles. The van der Waals surface area contributed by atoms with Crippen molar-refractivity contribution in [2.75, 3.05) is 6.54 Å². The molecule has 122 valence electrons. The molecule has 21 heavy (non-hydrogen) atoms. The minimum atomic E-state index is 0.295. The summed E-state index contributed by atoms with van der Waals surface area (Å²) >= 11 is 0. The Bertz CT molecular complexity index is 381. The molecule has 1 aliphatic heterocycles. The number of nitrogens with zero attached hydrogens (tertiary/aromatic N) is 1. The maximum atomic E-state index is 4.32. The summed E-state index contributed by atoms with van der Waals surface area (Å²) in [5.41, 5.74) is 3.05. The van der Waals surface area contributed by atoms with E-state index in [1.165, 1.54) is 17.8 Å². The fraction of sp³-hybridized carbons (Fsp3) is 0.789. The van der Waals surface area contributed by atoms with Gasteiger partial charge in [-0.3, -0.25) is 0 Å². The lowest BCUT2D eigenvalue weighted by Gasteiger charge is -2.30. The minimum Gasteiger partial charge on any atom is -0.384 e. The van der Waals surface area contributed by atoms with Crippen LogP contribution in [0.5, 0.6) is 0 Å². The third kappa shape index (κ3) is 6.58. The highest BCUT2D eigenvalue weighted by atomic mass is 15.2. The standard InChI is InChI=1S/C19H36N2/c1-14(11-18(4,5)6)20-17-10-15(2)21(13-17)16(3)12-19(7,8)9/h15,17,20H,1,3,10-13H2,2,4-9H3/t15-,17?/m1/s1. The third-order valence-corrected chi connectivity index (χ3v) is 3.87. The second-order valence-electron chi connectivity index (χ2n) is 9.22. The molecule has 2 nitrogen and oxygen atoms in total. The summed E-state index contributed by atoms with van der Waals surface area (Å²) in [7, 11) is 0. The van der Waals surface area contributed by atoms with Gasteiger partial charge in [-0.1, -0.05) is 54.7 Å². The normalized spacial score (nSPS) is 23.3. The number of likely N-dealkylation sites (tertiary alicyclic amines) is 1. The van der Waals surface area contributed by atoms with Gasteiger partial charge in [0, 0.05) is 30.0 Å². The Balaban J connectivity index is 2.53. The fourth-order valence-electron chi connectivity index (χ4n) is 3.27. The third-order valence-electron chi connectivity index (χ3n) is 3.87. The van der Waals surface area contributed by atoms with Crippen molar-refractivity contribution in [1.82, 2.24) is 10.2 Å². The SMILES string of the molecule is C=C(CC(C)(C)C)NC1C[C@@H](C)N(C(=C)CC(C)(C)C)C1. The average Bonchev–Trinajstić information content (AvgIpc) is 2.53. The van der Waals surface area contributed by atoms with Gasteiger partial charge in [-0.15, -0.1) is 0 Å². The van der Waals surface area contributed by atoms with Gasteiger partial charge in [0.05, 0.1) is 0 Å². The lowest BCUT2D eigenvalue weighted by atomic mass is 9.90. The van der Waals surface area contributed by atoms with Crippen LogP contribution in [0.3, 0.4) is 0 Å². The van der Waals surface area contributed by atoms with Crippen LogP contribution in [-0.4, -0.2) is 23.5 Å². The van der Waals surface area contributed by atoms with Gasteiger partial charge in [-0.05, 0) is 37.0 Å². The summed E-state index contributed by atoms with van der Waals surface area (Å²) in [6.07, 6.45) is 3.26. The van der Waals surface area contributed by atoms with E-state index in [2.05, 4.69) is 71.8 Å². The summed E-state index contributed by atoms with van der Waals surface area (Å²) in [6.45, 7) is 25.5. The second kappa shape index (κ2) is 6.46. The Morgan fingerprint density at radius 1 is 1.05 bits per heavy atom. The van der Waals surface area contributed by atoms with Crippen molar-refractivity contribution in [3.63, 3.8) is 0 Å². The van der Waals surface area contributed by atoms with Crippen LogP contribution in [0.2, 0.25) is 0 Å². The lowest BCUT2D eigenvalue weighted by molar-refractivity contribution is 0.284. The van der Waals surface area contributed by atoms with E-state index in [0.717, 1.165) is 19.4 Å². The van der Waals surface area contributed by atoms with E-state index in [9.17, 15) is 0 Å². The maximum Gasteiger partial charge on any atom is 0.0452 e. The Morgan fingerprint density at radius 3 is 2.05 bits per heavy atom. The molecule has 1 rings (SSSR count). The predicted molar refractivity (Wildman–Crippen MR) is 94.1 cm³/mol. The highest BCUT2D eigenvalue weighted by Gasteiger charge is 2.31. The van der Waals surface area contributed by atoms with Crippen molar-refractivity contribution in [3.8, 4) is 0 Å². The Kier molecular flexibility index (Phi) is 5.57. The van der Waals surface area contributed by atoms with Gasteiger partial charge in [0.25, 0.3) is 0 Å². The zero-order valence-corrected chi connectivity index (χ0v) is 15.3. The molecule has 0 bridgehead atoms. The second-order valence-corrected chi connectivity index (χ2v) is 9.22. The monoisotopic (exact) mass is 292 g/mol. The molecule has 1 saturated heterocycles. The van der Waals surface area contributed by atoms with E-state index in [-0.39, 0.29) is 0 Å². The topological polar surface area (TPSA) is 15.3 Å². The van der Waals surface area contributed by atoms with Gasteiger partial charge < -0.3 is 10.2 Å². The Labute approximate surface area is 132 Å². The van der Waals surface area contributed by atoms with Crippen molar-refractivity contribution in [2.24, 2.45) is 10.8 Å². The molecule has 2 heteroatoms. The van der Waals surface area contributed by atoms with Crippen LogP contribution in [-0.2, 0) is 0 Å². The Hall–Kier alpha value is -0.920. The van der Waals surface area contributed by atoms with Crippen molar-refractivity contribution < 1.29 is 0 Å². The number of hydrogen-bond acceptors (Lipinski definition) is 2. The molecule has 1 unspecified atom stereocenters. The fourth-order valence-corrected chi connectivity index (χ4v) is 3.27. The first-order valence-electron chi connectivity index (χ1n) is 8.26. The molecule has 0 aromatic rings. The predicted octanol–water partition coefficient (Wildman–Crippen LogP) is 4.94. The van der Waals surface area contributed by atoms with Crippen molar-refractivity contribution in [3.05, 3.63) is 24.6 Å². The van der Waals surface area contributed by atoms with Gasteiger partial charge in [0.15, 0.2) is 0 Å². The molecular weight excluding hydrogens is 256 g/mol. The van der Waals surface area contributed by atoms with Crippen LogP contribution in [0.4, 0.5) is 0 Å². The van der Waals surface area contributed by atoms with Crippen LogP contribution in [0, 0.1) is 10.8 Å². The van der Waals surface area contributed by atoms with Crippen molar-refractivity contribution >= 4 is 0 Å². The highest BCUT2D eigenvalue weighted by molar-refractivity contribution is 5.07. The van der Waals surface area contributed by atoms with Gasteiger partial charge in [-0.25, -0.2) is 0 Å². The van der Waals surface area contributed by atoms with Gasteiger partial charge >= 0.3 is 0 Å². The Morgan fingerprint density at radius 2 is 1.57 bits per heavy atom. The van der Waals surface area contributed by atoms with Gasteiger partial charge in [0.1, 0.15) is 0 Å². The molecule has 0 spiro atoms. The number of nitrogens with one attached hydrogen (secondary N) is 1. The summed E-state index contributed by atoms with van der Waals surface area (Å²) in [6, 6.07) is 1.08. The van der Waals surface area contributed by atoms with E-state index < -0.39 is 0 Å². The largest absolute Gasteiger partial charge is 0.384 e. The smallest absolute Gasteiger partial charge is 0.0452 e. The summed E-state index contributed by atoms with van der Waals surface area (Å²) < 4.78 is 0. The zero-order chi connectivity index (χ0) is 16.4. The molecule has 0 saturated carbocycles. The molecule has 0 amide bonds. The molecule has 1 aliphatic rings. The molecular formula is C19H36N2. The molecule has 0 radical (unpaired) electrons. The molecule has 1 heterocycles. The zero-order valence-electron chi connectivity index (χ0n) is 15.3. The van der Waals surface area contributed by atoms with Gasteiger partial charge in [0.2, 0.25) is 0 Å². The number of hydrogen-bond donors (Lipinski definition) is 1. The van der Waals surface area contributed by atoms with Crippen LogP contribution in [0.25, 0.3) is 0 Å². The van der Waals surface area contributed by atoms with E-state index in [4.69, 9.17) is 0 Å². The quantitative estimate of drug-likeness (QED) is 0.772. The number of rotatable bonds is 5. The van der Waals surface area contributed by atoms with Crippen LogP contribution >= 0.6 is 0 Å². The van der Waals surface area contributed by atoms with Crippen LogP contribution in [0.1, 0.15) is 67.7 Å². The van der Waals surface area contributed by atoms with E-state index in [0.29, 0.717) is 22.9 Å². The summed E-state index contributed by atoms with van der Waals surface area (Å²) in [5.74, 6) is 0. The average molecular weight is 293 g/mol. The minimum absolute atomic E-state index is 0.295. The first-order valence-corrected chi connectivity index (χ1v) is 8.26. The number of allylic oxidation sites excluding steroid dienone is 2. The van der Waals surface area contributed by atoms with Crippen LogP contribution < -0.4 is 5.32 Å². The molecule has 0 aromatic heterocycles. The first kappa shape index (κ1) is 18.1. The van der Waals surface area contributed by atoms with Crippen molar-refractivity contribution in [2.45, 2.75) is 79.8 Å². The maximum absolute atomic E-state index is 4.32. The highest BCUT2D eigenvalue weighted by Crippen LogP contribution is 2.31. The molecule has 1 N–H and O–H groups in total. The first-order chi connectivity index (χ1) is 9.37. The summed E-state index contributed by atoms with van der Waals surface area (Å²) in [4.78, 5) is 2.48. The molecule has 0 aromatic carbocycles. The summed E-state index contributed by atoms with van der Waals surface area (Å²) in [5, 5.41) is 3.64. The lowest BCUT2D eigenvalue weighted by Crippen LogP contribution is -2.33. The van der Waals surface area contributed by atoms with Crippen molar-refractivity contribution in [1.29, 1.82) is 0 Å². The van der Waals surface area contributed by atoms with E-state index >= 15 is 0 Å². The van der Waals surface area contributed by atoms with E-state index in [1.54, 1.807) is 0 Å². The molecule has 2 atom stereocenters. The molecule has 1 fully saturated rings.